The van der Waals surface area contributed by atoms with Crippen LogP contribution in [0.1, 0.15) is 12.8 Å². The quantitative estimate of drug-likeness (QED) is 0.142. The first-order valence-corrected chi connectivity index (χ1v) is 6.89. The number of aliphatic hydroxyl groups excluding tert-OH is 4. The van der Waals surface area contributed by atoms with Gasteiger partial charge < -0.3 is 50.7 Å². The number of ether oxygens (including phenoxy) is 1. The number of esters is 1. The van der Waals surface area contributed by atoms with Crippen molar-refractivity contribution >= 4 is 41.0 Å². The predicted molar refractivity (Wildman–Crippen MR) is 86.0 cm³/mol. The molecule has 0 radical (unpaired) electrons. The molecular weight excluding hydrogens is 366 g/mol. The van der Waals surface area contributed by atoms with E-state index in [9.17, 15) is 24.6 Å². The van der Waals surface area contributed by atoms with Crippen molar-refractivity contribution in [3.63, 3.8) is 0 Å². The number of carbonyl (C=O) groups excluding carboxylic acids is 3. The normalized spacial score (nSPS) is 10.5. The Hall–Kier alpha value is -1.28. The topological polar surface area (TPSA) is 213 Å². The zero-order valence-electron chi connectivity index (χ0n) is 14.6. The summed E-state index contributed by atoms with van der Waals surface area (Å²) < 4.78 is 4.14. The van der Waals surface area contributed by atoms with Crippen LogP contribution in [0.25, 0.3) is 0 Å². The van der Waals surface area contributed by atoms with E-state index in [1.807, 2.05) is 0 Å². The number of aliphatic carboxylic acids is 2. The second-order valence-corrected chi connectivity index (χ2v) is 4.70. The fourth-order valence-electron chi connectivity index (χ4n) is 0.775. The minimum atomic E-state index is -1.44. The second kappa shape index (κ2) is 20.0. The maximum absolute atomic E-state index is 9.86. The average molecular weight is 392 g/mol. The van der Waals surface area contributed by atoms with E-state index in [1.54, 1.807) is 0 Å². The fraction of sp³-hybridized carbons (Fsp3) is 0.643. The van der Waals surface area contributed by atoms with Gasteiger partial charge in [-0.05, 0) is 12.8 Å². The third-order valence-electron chi connectivity index (χ3n) is 2.67. The van der Waals surface area contributed by atoms with Crippen molar-refractivity contribution in [2.24, 2.45) is 11.1 Å². The third kappa shape index (κ3) is 19.0. The number of carboxylic acid groups (broad SMARTS) is 2. The van der Waals surface area contributed by atoms with Crippen LogP contribution in [0.3, 0.4) is 0 Å². The van der Waals surface area contributed by atoms with Crippen LogP contribution in [0.4, 0.5) is 0 Å². The van der Waals surface area contributed by atoms with E-state index < -0.39 is 55.8 Å². The molecular formula is C14H25MgNO10. The van der Waals surface area contributed by atoms with E-state index in [-0.39, 0.29) is 35.9 Å². The first-order chi connectivity index (χ1) is 11.6. The maximum Gasteiger partial charge on any atom is 2.00 e. The number of hydrogen-bond donors (Lipinski definition) is 5. The third-order valence-corrected chi connectivity index (χ3v) is 2.67. The van der Waals surface area contributed by atoms with Crippen LogP contribution < -0.4 is 15.9 Å². The van der Waals surface area contributed by atoms with Crippen molar-refractivity contribution in [3.8, 4) is 0 Å². The van der Waals surface area contributed by atoms with Crippen LogP contribution >= 0.6 is 0 Å². The van der Waals surface area contributed by atoms with Gasteiger partial charge in [0.2, 0.25) is 0 Å². The van der Waals surface area contributed by atoms with Crippen LogP contribution in [0.5, 0.6) is 0 Å². The summed E-state index contributed by atoms with van der Waals surface area (Å²) in [6.45, 7) is 1.53. The van der Waals surface area contributed by atoms with Gasteiger partial charge in [-0.3, -0.25) is 0 Å². The Morgan fingerprint density at radius 1 is 1.12 bits per heavy atom. The van der Waals surface area contributed by atoms with Gasteiger partial charge >= 0.3 is 29.0 Å². The molecule has 11 nitrogen and oxygen atoms in total. The molecule has 0 aliphatic heterocycles. The Kier molecular flexibility index (Phi) is 25.0. The molecule has 1 atom stereocenters. The van der Waals surface area contributed by atoms with Gasteiger partial charge in [-0.2, -0.15) is 0 Å². The van der Waals surface area contributed by atoms with Crippen LogP contribution in [0.15, 0.2) is 12.7 Å². The van der Waals surface area contributed by atoms with Gasteiger partial charge in [0.25, 0.3) is 0 Å². The summed E-state index contributed by atoms with van der Waals surface area (Å²) >= 11 is 0. The van der Waals surface area contributed by atoms with Crippen molar-refractivity contribution in [1.82, 2.24) is 0 Å². The Morgan fingerprint density at radius 3 is 1.62 bits per heavy atom. The van der Waals surface area contributed by atoms with E-state index in [2.05, 4.69) is 11.3 Å². The molecule has 0 aromatic heterocycles. The number of carboxylic acids is 2. The SMILES string of the molecule is C=CC(=O)OC.NC(CCC(=O)[O-])C(=O)[O-].OCC(CO)(CO)CO.[Mg+2]. The fourth-order valence-corrected chi connectivity index (χ4v) is 0.775. The molecule has 1 unspecified atom stereocenters. The predicted octanol–water partition coefficient (Wildman–Crippen LogP) is -5.50. The van der Waals surface area contributed by atoms with Gasteiger partial charge in [0.1, 0.15) is 0 Å². The largest absolute Gasteiger partial charge is 2.00 e. The average Bonchev–Trinajstić information content (AvgIpc) is 2.62. The molecule has 26 heavy (non-hydrogen) atoms. The van der Waals surface area contributed by atoms with E-state index in [1.165, 1.54) is 7.11 Å². The molecule has 0 fully saturated rings. The smallest absolute Gasteiger partial charge is 0.550 e. The Morgan fingerprint density at radius 2 is 1.50 bits per heavy atom. The molecule has 0 aliphatic rings. The molecule has 0 bridgehead atoms. The molecule has 0 saturated heterocycles. The summed E-state index contributed by atoms with van der Waals surface area (Å²) in [5.41, 5.74) is 3.80. The van der Waals surface area contributed by atoms with Crippen molar-refractivity contribution in [3.05, 3.63) is 12.7 Å². The van der Waals surface area contributed by atoms with Crippen molar-refractivity contribution in [1.29, 1.82) is 0 Å². The molecule has 6 N–H and O–H groups in total. The Bertz CT molecular complexity index is 384. The van der Waals surface area contributed by atoms with Gasteiger partial charge in [-0.25, -0.2) is 4.79 Å². The molecule has 0 heterocycles. The summed E-state index contributed by atoms with van der Waals surface area (Å²) in [4.78, 5) is 29.4. The summed E-state index contributed by atoms with van der Waals surface area (Å²) in [6, 6.07) is -1.21. The van der Waals surface area contributed by atoms with Gasteiger partial charge in [-0.1, -0.05) is 6.58 Å². The summed E-state index contributed by atoms with van der Waals surface area (Å²) in [6.07, 6.45) is 0.611. The molecule has 0 spiro atoms. The van der Waals surface area contributed by atoms with Gasteiger partial charge in [0.15, 0.2) is 0 Å². The summed E-state index contributed by atoms with van der Waals surface area (Å²) in [5.74, 6) is -3.15. The molecule has 0 aromatic rings. The summed E-state index contributed by atoms with van der Waals surface area (Å²) in [5, 5.41) is 53.6. The van der Waals surface area contributed by atoms with Crippen LogP contribution in [0.2, 0.25) is 0 Å². The molecule has 0 rings (SSSR count). The van der Waals surface area contributed by atoms with Crippen molar-refractivity contribution in [2.45, 2.75) is 18.9 Å². The maximum atomic E-state index is 9.86. The molecule has 0 aliphatic carbocycles. The van der Waals surface area contributed by atoms with Crippen molar-refractivity contribution < 1.29 is 49.8 Å². The Labute approximate surface area is 167 Å². The minimum Gasteiger partial charge on any atom is -0.550 e. The molecule has 0 amide bonds. The number of carbonyl (C=O) groups is 3. The number of methoxy groups -OCH3 is 1. The zero-order chi connectivity index (χ0) is 20.5. The summed E-state index contributed by atoms with van der Waals surface area (Å²) in [7, 11) is 1.31. The molecule has 148 valence electrons. The van der Waals surface area contributed by atoms with E-state index in [0.717, 1.165) is 6.08 Å². The molecule has 0 aromatic carbocycles. The number of nitrogens with two attached hydrogens (primary N) is 1. The first-order valence-electron chi connectivity index (χ1n) is 6.89. The van der Waals surface area contributed by atoms with Crippen LogP contribution in [-0.4, -0.2) is 101 Å². The van der Waals surface area contributed by atoms with Gasteiger partial charge in [-0.15, -0.1) is 0 Å². The van der Waals surface area contributed by atoms with E-state index >= 15 is 0 Å². The van der Waals surface area contributed by atoms with Gasteiger partial charge in [0.05, 0.1) is 44.9 Å². The first kappa shape index (κ1) is 32.4. The monoisotopic (exact) mass is 391 g/mol. The van der Waals surface area contributed by atoms with Crippen molar-refractivity contribution in [2.75, 3.05) is 33.5 Å². The zero-order valence-corrected chi connectivity index (χ0v) is 16.0. The van der Waals surface area contributed by atoms with Gasteiger partial charge in [0, 0.05) is 18.1 Å². The molecule has 12 heteroatoms. The minimum absolute atomic E-state index is 0. The standard InChI is InChI=1S/C5H9NO4.C5H12O4.C4H6O2.Mg/c6-3(5(9)10)1-2-4(7)8;6-1-5(2-7,3-8)4-9;1-3-4(5)6-2;/h3H,1-2,6H2,(H,7,8)(H,9,10);6-9H,1-4H2;3H,1H2,2H3;/q;;;+2/p-2. The van der Waals surface area contributed by atoms with E-state index in [4.69, 9.17) is 26.2 Å². The van der Waals surface area contributed by atoms with E-state index in [0.29, 0.717) is 0 Å². The molecule has 0 saturated carbocycles. The number of hydrogen-bond acceptors (Lipinski definition) is 11. The second-order valence-electron chi connectivity index (χ2n) is 4.70. The number of rotatable bonds is 9. The van der Waals surface area contributed by atoms with Crippen LogP contribution in [-0.2, 0) is 19.1 Å². The van der Waals surface area contributed by atoms with Crippen LogP contribution in [0, 0.1) is 5.41 Å². The Balaban J connectivity index is -0.000000141. The number of aliphatic hydroxyl groups is 4.